The van der Waals surface area contributed by atoms with Crippen LogP contribution in [0.2, 0.25) is 19.6 Å². The van der Waals surface area contributed by atoms with Gasteiger partial charge in [0.15, 0.2) is 0 Å². The minimum Gasteiger partial charge on any atom is -1.00 e. The van der Waals surface area contributed by atoms with Crippen molar-refractivity contribution in [2.45, 2.75) is 33.5 Å². The molecule has 0 aliphatic carbocycles. The van der Waals surface area contributed by atoms with Crippen molar-refractivity contribution in [1.29, 1.82) is 0 Å². The van der Waals surface area contributed by atoms with Crippen molar-refractivity contribution in [3.8, 4) is 11.5 Å². The molecule has 0 radical (unpaired) electrons. The summed E-state index contributed by atoms with van der Waals surface area (Å²) in [5.41, 5.74) is 0. The molecule has 4 aromatic rings. The molecule has 0 aliphatic rings. The van der Waals surface area contributed by atoms with Crippen LogP contribution in [0.1, 0.15) is 13.8 Å². The van der Waals surface area contributed by atoms with Crippen molar-refractivity contribution in [2.24, 2.45) is 0 Å². The summed E-state index contributed by atoms with van der Waals surface area (Å²) in [6.07, 6.45) is 0. The number of halogens is 2. The average Bonchev–Trinajstić information content (AvgIpc) is 3.27. The molecule has 31 heavy (non-hydrogen) atoms. The Labute approximate surface area is 214 Å². The first-order chi connectivity index (χ1) is 13.9. The number of ether oxygens (including phenoxy) is 1. The Bertz CT molecular complexity index is 1000. The molecule has 4 rings (SSSR count). The van der Waals surface area contributed by atoms with Crippen LogP contribution in [0.5, 0.6) is 11.5 Å². The average molecular weight is 553 g/mol. The molecule has 4 aromatic carbocycles. The van der Waals surface area contributed by atoms with E-state index in [0.29, 0.717) is 6.61 Å². The van der Waals surface area contributed by atoms with E-state index in [4.69, 9.17) is 9.16 Å². The predicted octanol–water partition coefficient (Wildman–Crippen LogP) is 1.09. The third-order valence-corrected chi connectivity index (χ3v) is 4.79. The minimum atomic E-state index is -1.62. The Morgan fingerprint density at radius 1 is 0.935 bits per heavy atom. The molecule has 0 saturated heterocycles. The van der Waals surface area contributed by atoms with Gasteiger partial charge < -0.3 is 34.0 Å². The van der Waals surface area contributed by atoms with E-state index < -0.39 is 8.32 Å². The molecule has 0 aromatic heterocycles. The van der Waals surface area contributed by atoms with E-state index in [1.54, 1.807) is 0 Å². The molecule has 0 saturated carbocycles. The first-order valence-electron chi connectivity index (χ1n) is 9.95. The van der Waals surface area contributed by atoms with Gasteiger partial charge in [0, 0.05) is 5.75 Å². The van der Waals surface area contributed by atoms with Gasteiger partial charge in [0.2, 0.25) is 8.32 Å². The van der Waals surface area contributed by atoms with Gasteiger partial charge in [-0.1, -0.05) is 17.5 Å². The summed E-state index contributed by atoms with van der Waals surface area (Å²) >= 11 is 1.51. The molecule has 0 spiro atoms. The second kappa shape index (κ2) is 14.8. The van der Waals surface area contributed by atoms with Crippen LogP contribution in [0.15, 0.2) is 72.8 Å². The number of rotatable bonds is 4. The van der Waals surface area contributed by atoms with E-state index in [-0.39, 0.29) is 24.8 Å². The fourth-order valence-corrected chi connectivity index (χ4v) is 3.74. The van der Waals surface area contributed by atoms with Crippen molar-refractivity contribution in [3.63, 3.8) is 0 Å². The molecule has 166 valence electrons. The van der Waals surface area contributed by atoms with E-state index >= 15 is 0 Å². The van der Waals surface area contributed by atoms with Crippen LogP contribution in [0.3, 0.4) is 0 Å². The van der Waals surface area contributed by atoms with Crippen molar-refractivity contribution < 1.29 is 58.2 Å². The second-order valence-electron chi connectivity index (χ2n) is 7.52. The summed E-state index contributed by atoms with van der Waals surface area (Å²) in [5.74, 6) is 1.79. The first kappa shape index (κ1) is 29.8. The fraction of sp³-hybridized carbons (Fsp3) is 0.240. The van der Waals surface area contributed by atoms with Crippen LogP contribution in [0.4, 0.5) is 0 Å². The summed E-state index contributed by atoms with van der Waals surface area (Å²) in [6, 6.07) is 25.0. The van der Waals surface area contributed by atoms with E-state index in [1.807, 2.05) is 26.0 Å². The van der Waals surface area contributed by atoms with E-state index in [2.05, 4.69) is 84.0 Å². The maximum atomic E-state index is 6.15. The number of fused-ring (bicyclic) bond motifs is 2. The molecule has 0 atom stereocenters. The molecule has 0 unspecified atom stereocenters. The molecule has 0 aliphatic heterocycles. The molecule has 2 nitrogen and oxygen atoms in total. The van der Waals surface area contributed by atoms with Crippen molar-refractivity contribution in [1.82, 2.24) is 0 Å². The van der Waals surface area contributed by atoms with Crippen molar-refractivity contribution in [3.05, 3.63) is 72.8 Å². The smallest absolute Gasteiger partial charge is 0.0809 e. The fourth-order valence-electron chi connectivity index (χ4n) is 2.91. The third kappa shape index (κ3) is 9.45. The summed E-state index contributed by atoms with van der Waals surface area (Å²) in [4.78, 5) is 0. The SMILES string of the molecule is CCOc1[cH-]c2ccccc2c1O[Si](C)(C)C.C[CH]=[Zr+2].[Cl-].[Cl-].c1ccc2[cH-]ccc2c1. The standard InChI is InChI=1S/C14H19O2Si.C9H7.C2H4.2ClH.Zr/c1-5-15-13-10-11-8-6-7-9-12(11)14(13)16-17(2,3)4;1-2-5-9-7-3-6-8(9)4-1;1-2;;;/h6-10H,5H2,1-4H3;1-7H;1H,2H3;2*1H;/q2*-1;;;;+2/p-2. The van der Waals surface area contributed by atoms with Crippen LogP contribution < -0.4 is 34.0 Å². The van der Waals surface area contributed by atoms with E-state index in [9.17, 15) is 0 Å². The van der Waals surface area contributed by atoms with Gasteiger partial charge in [-0.2, -0.15) is 17.5 Å². The number of hydrogen-bond donors (Lipinski definition) is 0. The topological polar surface area (TPSA) is 18.5 Å². The largest absolute Gasteiger partial charge is 1.00 e. The normalized spacial score (nSPS) is 9.90. The molecule has 0 fully saturated rings. The second-order valence-corrected chi connectivity index (χ2v) is 13.4. The Morgan fingerprint density at radius 3 is 2.10 bits per heavy atom. The van der Waals surface area contributed by atoms with Gasteiger partial charge in [0.05, 0.1) is 12.4 Å². The molecular weight excluding hydrogens is 522 g/mol. The molecule has 6 heteroatoms. The number of hydrogen-bond acceptors (Lipinski definition) is 2. The van der Waals surface area contributed by atoms with Gasteiger partial charge >= 0.3 is 34.9 Å². The maximum Gasteiger partial charge on any atom is -0.0809 e. The van der Waals surface area contributed by atoms with Gasteiger partial charge in [-0.3, -0.25) is 0 Å². The predicted molar refractivity (Wildman–Crippen MR) is 126 cm³/mol. The molecule has 0 bridgehead atoms. The van der Waals surface area contributed by atoms with Gasteiger partial charge in [-0.15, -0.1) is 59.3 Å². The van der Waals surface area contributed by atoms with Crippen molar-refractivity contribution >= 4 is 33.6 Å². The zero-order valence-electron chi connectivity index (χ0n) is 18.8. The first-order valence-corrected chi connectivity index (χ1v) is 14.8. The number of benzene rings is 2. The van der Waals surface area contributed by atoms with Crippen LogP contribution in [-0.4, -0.2) is 18.6 Å². The van der Waals surface area contributed by atoms with Crippen LogP contribution in [-0.2, 0) is 24.2 Å². The van der Waals surface area contributed by atoms with E-state index in [1.165, 1.54) is 40.4 Å². The Balaban J connectivity index is 0.000000544. The van der Waals surface area contributed by atoms with E-state index in [0.717, 1.165) is 16.9 Å². The van der Waals surface area contributed by atoms with Gasteiger partial charge in [0.25, 0.3) is 0 Å². The van der Waals surface area contributed by atoms with Crippen molar-refractivity contribution in [2.75, 3.05) is 6.61 Å². The minimum absolute atomic E-state index is 0. The maximum absolute atomic E-state index is 6.15. The van der Waals surface area contributed by atoms with Crippen LogP contribution >= 0.6 is 0 Å². The third-order valence-electron chi connectivity index (χ3n) is 3.97. The summed E-state index contributed by atoms with van der Waals surface area (Å²) in [5, 5.41) is 5.00. The Morgan fingerprint density at radius 2 is 1.52 bits per heavy atom. The molecular formula is C25H30Cl2O2SiZr-2. The summed E-state index contributed by atoms with van der Waals surface area (Å²) < 4.78 is 13.9. The van der Waals surface area contributed by atoms with Gasteiger partial charge in [-0.25, -0.2) is 0 Å². The zero-order valence-corrected chi connectivity index (χ0v) is 23.8. The molecule has 0 amide bonds. The van der Waals surface area contributed by atoms with Gasteiger partial charge in [0.1, 0.15) is 0 Å². The zero-order chi connectivity index (χ0) is 21.3. The monoisotopic (exact) mass is 550 g/mol. The Hall–Kier alpha value is -1.19. The molecule has 0 N–H and O–H groups in total. The molecule has 0 heterocycles. The van der Waals surface area contributed by atoms with Gasteiger partial charge in [-0.05, 0) is 26.6 Å². The quantitative estimate of drug-likeness (QED) is 0.279. The van der Waals surface area contributed by atoms with Crippen LogP contribution in [0, 0.1) is 0 Å². The Kier molecular flexibility index (Phi) is 14.2. The van der Waals surface area contributed by atoms with Crippen LogP contribution in [0.25, 0.3) is 21.5 Å². The summed E-state index contributed by atoms with van der Waals surface area (Å²) in [7, 11) is -1.62. The summed E-state index contributed by atoms with van der Waals surface area (Å²) in [6.45, 7) is 11.3.